The fourth-order valence-corrected chi connectivity index (χ4v) is 4.11. The lowest BCUT2D eigenvalue weighted by molar-refractivity contribution is 0.0628. The van der Waals surface area contributed by atoms with Gasteiger partial charge in [0.1, 0.15) is 18.1 Å². The van der Waals surface area contributed by atoms with Crippen LogP contribution in [0.1, 0.15) is 28.4 Å². The Labute approximate surface area is 200 Å². The highest BCUT2D eigenvalue weighted by Gasteiger charge is 2.22. The predicted octanol–water partition coefficient (Wildman–Crippen LogP) is 5.28. The topological polar surface area (TPSA) is 42.0 Å². The minimum atomic E-state index is 0.0651. The van der Waals surface area contributed by atoms with Gasteiger partial charge in [-0.05, 0) is 60.5 Å². The van der Waals surface area contributed by atoms with Crippen LogP contribution in [-0.2, 0) is 13.2 Å². The SMILES string of the molecule is CCOc1ccc(OCc2cccc(C(=O)N3CCN(Cc4ccccc4Cl)CC3)c2)cc1. The van der Waals surface area contributed by atoms with Crippen LogP contribution in [0.15, 0.2) is 72.8 Å². The number of ether oxygens (including phenoxy) is 2. The summed E-state index contributed by atoms with van der Waals surface area (Å²) in [6, 6.07) is 23.2. The second-order valence-electron chi connectivity index (χ2n) is 8.05. The van der Waals surface area contributed by atoms with Crippen LogP contribution in [0.25, 0.3) is 0 Å². The molecule has 1 amide bonds. The second-order valence-corrected chi connectivity index (χ2v) is 8.46. The van der Waals surface area contributed by atoms with E-state index in [1.54, 1.807) is 0 Å². The lowest BCUT2D eigenvalue weighted by atomic mass is 10.1. The summed E-state index contributed by atoms with van der Waals surface area (Å²) in [6.07, 6.45) is 0. The van der Waals surface area contributed by atoms with E-state index in [0.717, 1.165) is 47.3 Å². The Balaban J connectivity index is 1.30. The van der Waals surface area contributed by atoms with E-state index in [0.29, 0.717) is 31.9 Å². The molecule has 6 heteroatoms. The number of nitrogens with zero attached hydrogens (tertiary/aromatic N) is 2. The zero-order valence-electron chi connectivity index (χ0n) is 18.9. The van der Waals surface area contributed by atoms with Crippen molar-refractivity contribution in [2.45, 2.75) is 20.1 Å². The monoisotopic (exact) mass is 464 g/mol. The van der Waals surface area contributed by atoms with Gasteiger partial charge in [-0.1, -0.05) is 41.9 Å². The number of halogens is 1. The molecule has 3 aromatic carbocycles. The van der Waals surface area contributed by atoms with Gasteiger partial charge in [0.2, 0.25) is 0 Å². The van der Waals surface area contributed by atoms with E-state index < -0.39 is 0 Å². The van der Waals surface area contributed by atoms with Gasteiger partial charge in [-0.2, -0.15) is 0 Å². The Morgan fingerprint density at radius 2 is 1.58 bits per heavy atom. The number of benzene rings is 3. The molecule has 0 saturated carbocycles. The number of carbonyl (C=O) groups is 1. The number of hydrogen-bond acceptors (Lipinski definition) is 4. The molecule has 0 aromatic heterocycles. The van der Waals surface area contributed by atoms with Crippen LogP contribution in [0.4, 0.5) is 0 Å². The van der Waals surface area contributed by atoms with Crippen molar-refractivity contribution in [1.29, 1.82) is 0 Å². The largest absolute Gasteiger partial charge is 0.494 e. The fourth-order valence-electron chi connectivity index (χ4n) is 3.92. The van der Waals surface area contributed by atoms with Crippen molar-refractivity contribution in [2.75, 3.05) is 32.8 Å². The van der Waals surface area contributed by atoms with Crippen molar-refractivity contribution >= 4 is 17.5 Å². The number of carbonyl (C=O) groups excluding carboxylic acids is 1. The molecule has 1 saturated heterocycles. The van der Waals surface area contributed by atoms with Gasteiger partial charge in [-0.15, -0.1) is 0 Å². The molecule has 1 aliphatic rings. The zero-order chi connectivity index (χ0) is 23.0. The van der Waals surface area contributed by atoms with Gasteiger partial charge in [0, 0.05) is 43.3 Å². The predicted molar refractivity (Wildman–Crippen MR) is 131 cm³/mol. The van der Waals surface area contributed by atoms with E-state index in [2.05, 4.69) is 11.0 Å². The third-order valence-corrected chi connectivity index (χ3v) is 6.09. The van der Waals surface area contributed by atoms with Gasteiger partial charge in [0.25, 0.3) is 5.91 Å². The first-order valence-electron chi connectivity index (χ1n) is 11.3. The van der Waals surface area contributed by atoms with Crippen LogP contribution in [-0.4, -0.2) is 48.5 Å². The van der Waals surface area contributed by atoms with Crippen molar-refractivity contribution < 1.29 is 14.3 Å². The number of piperazine rings is 1. The Bertz CT molecular complexity index is 1060. The highest BCUT2D eigenvalue weighted by molar-refractivity contribution is 6.31. The third kappa shape index (κ3) is 6.28. The molecule has 3 aromatic rings. The van der Waals surface area contributed by atoms with Crippen LogP contribution in [0.2, 0.25) is 5.02 Å². The van der Waals surface area contributed by atoms with Crippen molar-refractivity contribution in [3.8, 4) is 11.5 Å². The normalized spacial score (nSPS) is 14.2. The summed E-state index contributed by atoms with van der Waals surface area (Å²) in [5.74, 6) is 1.66. The average Bonchev–Trinajstić information content (AvgIpc) is 2.85. The minimum Gasteiger partial charge on any atom is -0.494 e. The highest BCUT2D eigenvalue weighted by Crippen LogP contribution is 2.20. The molecule has 1 aliphatic heterocycles. The van der Waals surface area contributed by atoms with Crippen LogP contribution in [0.5, 0.6) is 11.5 Å². The molecule has 0 unspecified atom stereocenters. The maximum absolute atomic E-state index is 13.1. The number of amides is 1. The summed E-state index contributed by atoms with van der Waals surface area (Å²) >= 11 is 6.29. The molecule has 0 radical (unpaired) electrons. The first kappa shape index (κ1) is 23.1. The summed E-state index contributed by atoms with van der Waals surface area (Å²) < 4.78 is 11.3. The van der Waals surface area contributed by atoms with E-state index in [9.17, 15) is 4.79 Å². The minimum absolute atomic E-state index is 0.0651. The molecule has 5 nitrogen and oxygen atoms in total. The lowest BCUT2D eigenvalue weighted by Crippen LogP contribution is -2.48. The fraction of sp³-hybridized carbons (Fsp3) is 0.296. The summed E-state index contributed by atoms with van der Waals surface area (Å²) in [5.41, 5.74) is 2.79. The Morgan fingerprint density at radius 3 is 2.27 bits per heavy atom. The van der Waals surface area contributed by atoms with E-state index in [1.165, 1.54) is 0 Å². The molecule has 0 atom stereocenters. The Morgan fingerprint density at radius 1 is 0.879 bits per heavy atom. The van der Waals surface area contributed by atoms with Gasteiger partial charge >= 0.3 is 0 Å². The van der Waals surface area contributed by atoms with Crippen LogP contribution < -0.4 is 9.47 Å². The molecule has 4 rings (SSSR count). The Kier molecular flexibility index (Phi) is 7.87. The van der Waals surface area contributed by atoms with Gasteiger partial charge in [-0.3, -0.25) is 9.69 Å². The highest BCUT2D eigenvalue weighted by atomic mass is 35.5. The molecule has 0 bridgehead atoms. The molecular weight excluding hydrogens is 436 g/mol. The standard InChI is InChI=1S/C27H29ClN2O3/c1-2-32-24-10-12-25(13-11-24)33-20-21-6-5-8-22(18-21)27(31)30-16-14-29(15-17-30)19-23-7-3-4-9-26(23)28/h3-13,18H,2,14-17,19-20H2,1H3. The smallest absolute Gasteiger partial charge is 0.253 e. The summed E-state index contributed by atoms with van der Waals surface area (Å²) in [6.45, 7) is 6.87. The molecule has 0 aliphatic carbocycles. The molecule has 33 heavy (non-hydrogen) atoms. The number of hydrogen-bond donors (Lipinski definition) is 0. The lowest BCUT2D eigenvalue weighted by Gasteiger charge is -2.35. The van der Waals surface area contributed by atoms with Crippen LogP contribution in [0.3, 0.4) is 0 Å². The Hall–Kier alpha value is -3.02. The maximum atomic E-state index is 13.1. The van der Waals surface area contributed by atoms with Crippen molar-refractivity contribution in [2.24, 2.45) is 0 Å². The van der Waals surface area contributed by atoms with E-state index >= 15 is 0 Å². The molecule has 0 N–H and O–H groups in total. The molecule has 172 valence electrons. The van der Waals surface area contributed by atoms with Gasteiger partial charge < -0.3 is 14.4 Å². The average molecular weight is 465 g/mol. The molecule has 1 fully saturated rings. The van der Waals surface area contributed by atoms with Gasteiger partial charge in [-0.25, -0.2) is 0 Å². The quantitative estimate of drug-likeness (QED) is 0.455. The van der Waals surface area contributed by atoms with Crippen LogP contribution >= 0.6 is 11.6 Å². The van der Waals surface area contributed by atoms with Crippen molar-refractivity contribution in [3.05, 3.63) is 94.5 Å². The van der Waals surface area contributed by atoms with E-state index in [1.807, 2.05) is 78.6 Å². The maximum Gasteiger partial charge on any atom is 0.253 e. The van der Waals surface area contributed by atoms with Gasteiger partial charge in [0.15, 0.2) is 0 Å². The van der Waals surface area contributed by atoms with E-state index in [-0.39, 0.29) is 5.91 Å². The zero-order valence-corrected chi connectivity index (χ0v) is 19.6. The second kappa shape index (κ2) is 11.2. The van der Waals surface area contributed by atoms with Gasteiger partial charge in [0.05, 0.1) is 6.61 Å². The summed E-state index contributed by atoms with van der Waals surface area (Å²) in [7, 11) is 0. The van der Waals surface area contributed by atoms with Crippen molar-refractivity contribution in [3.63, 3.8) is 0 Å². The van der Waals surface area contributed by atoms with Crippen LogP contribution in [0, 0.1) is 0 Å². The third-order valence-electron chi connectivity index (χ3n) is 5.73. The first-order chi connectivity index (χ1) is 16.1. The summed E-state index contributed by atoms with van der Waals surface area (Å²) in [5, 5.41) is 0.792. The molecule has 1 heterocycles. The number of rotatable bonds is 8. The molecular formula is C27H29ClN2O3. The molecule has 0 spiro atoms. The van der Waals surface area contributed by atoms with E-state index in [4.69, 9.17) is 21.1 Å². The van der Waals surface area contributed by atoms with Crippen molar-refractivity contribution in [1.82, 2.24) is 9.80 Å². The first-order valence-corrected chi connectivity index (χ1v) is 11.7. The summed E-state index contributed by atoms with van der Waals surface area (Å²) in [4.78, 5) is 17.3.